The minimum atomic E-state index is -0.645. The lowest BCUT2D eigenvalue weighted by atomic mass is 10.3. The Kier molecular flexibility index (Phi) is 3.54. The van der Waals surface area contributed by atoms with E-state index in [1.54, 1.807) is 12.1 Å². The molecule has 2 rings (SSSR count). The van der Waals surface area contributed by atoms with Crippen LogP contribution in [0.15, 0.2) is 24.3 Å². The Morgan fingerprint density at radius 3 is 2.83 bits per heavy atom. The van der Waals surface area contributed by atoms with Crippen molar-refractivity contribution in [1.82, 2.24) is 0 Å². The van der Waals surface area contributed by atoms with Gasteiger partial charge in [0.15, 0.2) is 5.82 Å². The smallest absolute Gasteiger partial charge is 0.265 e. The minimum Gasteiger partial charge on any atom is -0.398 e. The normalized spacial score (nSPS) is 10.4. The van der Waals surface area contributed by atoms with Gasteiger partial charge in [-0.05, 0) is 25.1 Å². The van der Waals surface area contributed by atoms with Crippen molar-refractivity contribution in [1.29, 1.82) is 0 Å². The van der Waals surface area contributed by atoms with Gasteiger partial charge >= 0.3 is 0 Å². The largest absolute Gasteiger partial charge is 0.398 e. The molecule has 0 atom stereocenters. The lowest BCUT2D eigenvalue weighted by Gasteiger charge is -2.05. The molecule has 0 saturated carbocycles. The van der Waals surface area contributed by atoms with Gasteiger partial charge < -0.3 is 11.1 Å². The van der Waals surface area contributed by atoms with Gasteiger partial charge in [0.05, 0.1) is 15.6 Å². The van der Waals surface area contributed by atoms with E-state index in [9.17, 15) is 9.18 Å². The zero-order valence-electron chi connectivity index (χ0n) is 9.46. The number of aryl methyl sites for hydroxylation is 1. The van der Waals surface area contributed by atoms with Crippen molar-refractivity contribution < 1.29 is 9.18 Å². The van der Waals surface area contributed by atoms with E-state index in [1.807, 2.05) is 6.92 Å². The highest BCUT2D eigenvalue weighted by molar-refractivity contribution is 7.14. The summed E-state index contributed by atoms with van der Waals surface area (Å²) < 4.78 is 13.6. The molecule has 1 aromatic heterocycles. The van der Waals surface area contributed by atoms with E-state index in [1.165, 1.54) is 23.5 Å². The second-order valence-corrected chi connectivity index (χ2v) is 5.34. The van der Waals surface area contributed by atoms with Crippen molar-refractivity contribution in [2.24, 2.45) is 0 Å². The lowest BCUT2D eigenvalue weighted by molar-refractivity contribution is 0.103. The van der Waals surface area contributed by atoms with E-state index < -0.39 is 11.7 Å². The Bertz CT molecular complexity index is 593. The van der Waals surface area contributed by atoms with Gasteiger partial charge in [0.25, 0.3) is 5.91 Å². The molecule has 0 bridgehead atoms. The quantitative estimate of drug-likeness (QED) is 0.884. The standard InChI is InChI=1S/C12H10ClFN2OS/c1-6-8(15)5-10(18-6)12(17)16-9-4-2-3-7(13)11(9)14/h2-5H,15H2,1H3,(H,16,17). The summed E-state index contributed by atoms with van der Waals surface area (Å²) in [6.07, 6.45) is 0. The molecule has 0 aliphatic heterocycles. The number of carbonyl (C=O) groups excluding carboxylic acids is 1. The molecule has 1 heterocycles. The topological polar surface area (TPSA) is 55.1 Å². The van der Waals surface area contributed by atoms with Crippen LogP contribution in [0.2, 0.25) is 5.02 Å². The fourth-order valence-corrected chi connectivity index (χ4v) is 2.40. The van der Waals surface area contributed by atoms with Crippen LogP contribution in [-0.2, 0) is 0 Å². The van der Waals surface area contributed by atoms with Gasteiger partial charge in [-0.2, -0.15) is 0 Å². The Morgan fingerprint density at radius 1 is 1.50 bits per heavy atom. The summed E-state index contributed by atoms with van der Waals surface area (Å²) in [4.78, 5) is 13.2. The summed E-state index contributed by atoms with van der Waals surface area (Å²) in [5.41, 5.74) is 6.27. The molecule has 6 heteroatoms. The first kappa shape index (κ1) is 12.9. The summed E-state index contributed by atoms with van der Waals surface area (Å²) in [5, 5.41) is 2.43. The van der Waals surface area contributed by atoms with Crippen LogP contribution in [0, 0.1) is 12.7 Å². The third kappa shape index (κ3) is 2.47. The van der Waals surface area contributed by atoms with Crippen molar-refractivity contribution >= 4 is 40.2 Å². The summed E-state index contributed by atoms with van der Waals surface area (Å²) in [6.45, 7) is 1.82. The molecule has 0 aliphatic rings. The number of thiophene rings is 1. The van der Waals surface area contributed by atoms with Crippen LogP contribution in [-0.4, -0.2) is 5.91 Å². The minimum absolute atomic E-state index is 0.0327. The van der Waals surface area contributed by atoms with Gasteiger partial charge in [0.2, 0.25) is 0 Å². The number of carbonyl (C=O) groups is 1. The van der Waals surface area contributed by atoms with Crippen molar-refractivity contribution in [3.05, 3.63) is 44.9 Å². The molecule has 0 fully saturated rings. The third-order valence-electron chi connectivity index (χ3n) is 2.38. The second-order valence-electron chi connectivity index (χ2n) is 3.68. The van der Waals surface area contributed by atoms with Crippen LogP contribution >= 0.6 is 22.9 Å². The van der Waals surface area contributed by atoms with Gasteiger partial charge in [0.1, 0.15) is 0 Å². The van der Waals surface area contributed by atoms with E-state index in [4.69, 9.17) is 17.3 Å². The number of nitrogen functional groups attached to an aromatic ring is 1. The van der Waals surface area contributed by atoms with Crippen molar-refractivity contribution in [3.63, 3.8) is 0 Å². The molecule has 18 heavy (non-hydrogen) atoms. The molecule has 3 N–H and O–H groups in total. The highest BCUT2D eigenvalue weighted by Crippen LogP contribution is 2.26. The molecule has 0 aliphatic carbocycles. The SMILES string of the molecule is Cc1sc(C(=O)Nc2cccc(Cl)c2F)cc1N. The van der Waals surface area contributed by atoms with Crippen LogP contribution in [0.3, 0.4) is 0 Å². The van der Waals surface area contributed by atoms with Crippen molar-refractivity contribution in [3.8, 4) is 0 Å². The van der Waals surface area contributed by atoms with Crippen LogP contribution in [0.1, 0.15) is 14.5 Å². The summed E-state index contributed by atoms with van der Waals surface area (Å²) >= 11 is 6.89. The fourth-order valence-electron chi connectivity index (χ4n) is 1.39. The van der Waals surface area contributed by atoms with E-state index in [2.05, 4.69) is 5.32 Å². The van der Waals surface area contributed by atoms with E-state index in [0.29, 0.717) is 10.6 Å². The molecule has 0 saturated heterocycles. The summed E-state index contributed by atoms with van der Waals surface area (Å²) in [5.74, 6) is -1.05. The molecule has 0 unspecified atom stereocenters. The molecular formula is C12H10ClFN2OS. The zero-order chi connectivity index (χ0) is 13.3. The van der Waals surface area contributed by atoms with Crippen molar-refractivity contribution in [2.45, 2.75) is 6.92 Å². The average Bonchev–Trinajstić information content (AvgIpc) is 2.66. The molecule has 1 aromatic carbocycles. The third-order valence-corrected chi connectivity index (χ3v) is 3.74. The van der Waals surface area contributed by atoms with Gasteiger partial charge in [-0.15, -0.1) is 11.3 Å². The van der Waals surface area contributed by atoms with Crippen LogP contribution in [0.4, 0.5) is 15.8 Å². The molecule has 0 radical (unpaired) electrons. The van der Waals surface area contributed by atoms with Gasteiger partial charge in [0, 0.05) is 10.6 Å². The predicted molar refractivity (Wildman–Crippen MR) is 72.8 cm³/mol. The Hall–Kier alpha value is -1.59. The molecule has 2 aromatic rings. The van der Waals surface area contributed by atoms with E-state index in [-0.39, 0.29) is 10.7 Å². The number of rotatable bonds is 2. The Labute approximate surface area is 112 Å². The average molecular weight is 285 g/mol. The number of nitrogens with two attached hydrogens (primary N) is 1. The maximum absolute atomic E-state index is 13.6. The maximum atomic E-state index is 13.6. The Morgan fingerprint density at radius 2 is 2.22 bits per heavy atom. The number of hydrogen-bond donors (Lipinski definition) is 2. The van der Waals surface area contributed by atoms with E-state index >= 15 is 0 Å². The lowest BCUT2D eigenvalue weighted by Crippen LogP contribution is -2.11. The van der Waals surface area contributed by atoms with Gasteiger partial charge in [-0.1, -0.05) is 17.7 Å². The first-order valence-corrected chi connectivity index (χ1v) is 6.29. The van der Waals surface area contributed by atoms with Crippen molar-refractivity contribution in [2.75, 3.05) is 11.1 Å². The number of halogens is 2. The van der Waals surface area contributed by atoms with E-state index in [0.717, 1.165) is 4.88 Å². The number of hydrogen-bond acceptors (Lipinski definition) is 3. The summed E-state index contributed by atoms with van der Waals surface area (Å²) in [6, 6.07) is 6.00. The molecule has 3 nitrogen and oxygen atoms in total. The number of amides is 1. The van der Waals surface area contributed by atoms with Gasteiger partial charge in [-0.25, -0.2) is 4.39 Å². The molecule has 0 spiro atoms. The molecular weight excluding hydrogens is 275 g/mol. The maximum Gasteiger partial charge on any atom is 0.265 e. The highest BCUT2D eigenvalue weighted by Gasteiger charge is 2.14. The van der Waals surface area contributed by atoms with Crippen LogP contribution in [0.5, 0.6) is 0 Å². The van der Waals surface area contributed by atoms with Gasteiger partial charge in [-0.3, -0.25) is 4.79 Å². The zero-order valence-corrected chi connectivity index (χ0v) is 11.0. The molecule has 94 valence electrons. The highest BCUT2D eigenvalue weighted by atomic mass is 35.5. The fraction of sp³-hybridized carbons (Fsp3) is 0.0833. The van der Waals surface area contributed by atoms with Crippen LogP contribution < -0.4 is 11.1 Å². The summed E-state index contributed by atoms with van der Waals surface area (Å²) in [7, 11) is 0. The second kappa shape index (κ2) is 4.96. The molecule has 1 amide bonds. The van der Waals surface area contributed by atoms with Crippen LogP contribution in [0.25, 0.3) is 0 Å². The monoisotopic (exact) mass is 284 g/mol. The number of anilines is 2. The first-order valence-electron chi connectivity index (χ1n) is 5.10. The number of nitrogens with one attached hydrogen (secondary N) is 1. The Balaban J connectivity index is 2.24. The first-order chi connectivity index (χ1) is 8.49. The predicted octanol–water partition coefficient (Wildman–Crippen LogP) is 3.68. The number of benzene rings is 1.